The minimum atomic E-state index is 0.573. The van der Waals surface area contributed by atoms with Crippen LogP contribution in [0.15, 0.2) is 12.4 Å². The third-order valence-electron chi connectivity index (χ3n) is 1.63. The SMILES string of the molecule is N#CCCNCCCn1ccnn1. The molecule has 0 atom stereocenters. The van der Waals surface area contributed by atoms with Crippen LogP contribution in [-0.2, 0) is 6.54 Å². The summed E-state index contributed by atoms with van der Waals surface area (Å²) in [6.07, 6.45) is 5.09. The van der Waals surface area contributed by atoms with Gasteiger partial charge in [-0.3, -0.25) is 4.68 Å². The molecule has 0 bridgehead atoms. The second kappa shape index (κ2) is 6.14. The number of aryl methyl sites for hydroxylation is 1. The number of nitriles is 1. The van der Waals surface area contributed by atoms with E-state index in [0.29, 0.717) is 6.42 Å². The molecule has 1 aromatic heterocycles. The van der Waals surface area contributed by atoms with E-state index in [0.717, 1.165) is 26.1 Å². The maximum Gasteiger partial charge on any atom is 0.0692 e. The minimum Gasteiger partial charge on any atom is -0.316 e. The van der Waals surface area contributed by atoms with E-state index in [2.05, 4.69) is 21.7 Å². The first-order valence-electron chi connectivity index (χ1n) is 4.35. The third kappa shape index (κ3) is 4.23. The van der Waals surface area contributed by atoms with Crippen LogP contribution in [0.2, 0.25) is 0 Å². The van der Waals surface area contributed by atoms with Crippen molar-refractivity contribution in [2.45, 2.75) is 19.4 Å². The van der Waals surface area contributed by atoms with Gasteiger partial charge in [-0.15, -0.1) is 5.10 Å². The smallest absolute Gasteiger partial charge is 0.0692 e. The summed E-state index contributed by atoms with van der Waals surface area (Å²) >= 11 is 0. The summed E-state index contributed by atoms with van der Waals surface area (Å²) in [6.45, 7) is 2.56. The van der Waals surface area contributed by atoms with Gasteiger partial charge in [0.2, 0.25) is 0 Å². The first-order chi connectivity index (χ1) is 6.43. The Labute approximate surface area is 77.4 Å². The Morgan fingerprint density at radius 1 is 1.46 bits per heavy atom. The number of hydrogen-bond acceptors (Lipinski definition) is 4. The Bertz CT molecular complexity index is 248. The molecule has 1 heterocycles. The van der Waals surface area contributed by atoms with E-state index >= 15 is 0 Å². The molecule has 13 heavy (non-hydrogen) atoms. The molecule has 0 saturated heterocycles. The van der Waals surface area contributed by atoms with Crippen molar-refractivity contribution in [3.63, 3.8) is 0 Å². The predicted molar refractivity (Wildman–Crippen MR) is 47.7 cm³/mol. The Morgan fingerprint density at radius 2 is 2.38 bits per heavy atom. The van der Waals surface area contributed by atoms with Gasteiger partial charge in [0.25, 0.3) is 0 Å². The second-order valence-electron chi connectivity index (χ2n) is 2.68. The summed E-state index contributed by atoms with van der Waals surface area (Å²) in [5, 5.41) is 19.0. The van der Waals surface area contributed by atoms with Gasteiger partial charge in [0, 0.05) is 25.7 Å². The zero-order valence-corrected chi connectivity index (χ0v) is 7.48. The second-order valence-corrected chi connectivity index (χ2v) is 2.68. The molecule has 0 saturated carbocycles. The molecule has 5 heteroatoms. The zero-order valence-electron chi connectivity index (χ0n) is 7.48. The van der Waals surface area contributed by atoms with Crippen molar-refractivity contribution in [1.29, 1.82) is 5.26 Å². The Balaban J connectivity index is 1.94. The highest BCUT2D eigenvalue weighted by Gasteiger charge is 1.91. The van der Waals surface area contributed by atoms with Crippen LogP contribution in [0.4, 0.5) is 0 Å². The molecular formula is C8H13N5. The van der Waals surface area contributed by atoms with Crippen molar-refractivity contribution < 1.29 is 0 Å². The summed E-state index contributed by atoms with van der Waals surface area (Å²) in [7, 11) is 0. The number of aromatic nitrogens is 3. The molecule has 0 aliphatic heterocycles. The quantitative estimate of drug-likeness (QED) is 0.632. The molecular weight excluding hydrogens is 166 g/mol. The van der Waals surface area contributed by atoms with Crippen molar-refractivity contribution in [2.24, 2.45) is 0 Å². The van der Waals surface area contributed by atoms with Crippen LogP contribution in [0.1, 0.15) is 12.8 Å². The van der Waals surface area contributed by atoms with Gasteiger partial charge in [0.15, 0.2) is 0 Å². The van der Waals surface area contributed by atoms with Gasteiger partial charge in [-0.05, 0) is 13.0 Å². The molecule has 0 radical (unpaired) electrons. The molecule has 70 valence electrons. The molecule has 0 unspecified atom stereocenters. The first-order valence-corrected chi connectivity index (χ1v) is 4.35. The molecule has 1 N–H and O–H groups in total. The maximum atomic E-state index is 8.26. The van der Waals surface area contributed by atoms with Gasteiger partial charge in [-0.25, -0.2) is 0 Å². The summed E-state index contributed by atoms with van der Waals surface area (Å²) in [5.41, 5.74) is 0. The predicted octanol–water partition coefficient (Wildman–Crippen LogP) is 0.171. The minimum absolute atomic E-state index is 0.573. The van der Waals surface area contributed by atoms with E-state index < -0.39 is 0 Å². The van der Waals surface area contributed by atoms with E-state index in [1.165, 1.54) is 0 Å². The normalized spacial score (nSPS) is 9.77. The standard InChI is InChI=1S/C8H13N5/c9-3-1-4-10-5-2-7-13-8-6-11-12-13/h6,8,10H,1-2,4-5,7H2. The molecule has 0 spiro atoms. The van der Waals surface area contributed by atoms with Crippen LogP contribution < -0.4 is 5.32 Å². The fourth-order valence-electron chi connectivity index (χ4n) is 0.987. The van der Waals surface area contributed by atoms with E-state index in [4.69, 9.17) is 5.26 Å². The molecule has 0 aliphatic rings. The van der Waals surface area contributed by atoms with Gasteiger partial charge in [-0.2, -0.15) is 5.26 Å². The lowest BCUT2D eigenvalue weighted by molar-refractivity contribution is 0.532. The molecule has 0 aromatic carbocycles. The molecule has 0 aliphatic carbocycles. The van der Waals surface area contributed by atoms with Crippen molar-refractivity contribution in [3.05, 3.63) is 12.4 Å². The van der Waals surface area contributed by atoms with Crippen molar-refractivity contribution in [2.75, 3.05) is 13.1 Å². The number of nitrogens with zero attached hydrogens (tertiary/aromatic N) is 4. The van der Waals surface area contributed by atoms with Crippen LogP contribution in [0, 0.1) is 11.3 Å². The van der Waals surface area contributed by atoms with Crippen LogP contribution in [0.25, 0.3) is 0 Å². The van der Waals surface area contributed by atoms with Crippen LogP contribution in [0.5, 0.6) is 0 Å². The van der Waals surface area contributed by atoms with Crippen LogP contribution >= 0.6 is 0 Å². The van der Waals surface area contributed by atoms with E-state index in [-0.39, 0.29) is 0 Å². The Morgan fingerprint density at radius 3 is 3.08 bits per heavy atom. The molecule has 5 nitrogen and oxygen atoms in total. The van der Waals surface area contributed by atoms with Crippen LogP contribution in [0.3, 0.4) is 0 Å². The zero-order chi connectivity index (χ0) is 9.36. The van der Waals surface area contributed by atoms with Gasteiger partial charge < -0.3 is 5.32 Å². The topological polar surface area (TPSA) is 66.5 Å². The van der Waals surface area contributed by atoms with Gasteiger partial charge in [-0.1, -0.05) is 5.21 Å². The number of rotatable bonds is 6. The van der Waals surface area contributed by atoms with Crippen molar-refractivity contribution >= 4 is 0 Å². The molecule has 0 fully saturated rings. The van der Waals surface area contributed by atoms with E-state index in [9.17, 15) is 0 Å². The number of nitrogens with one attached hydrogen (secondary N) is 1. The average molecular weight is 179 g/mol. The van der Waals surface area contributed by atoms with Gasteiger partial charge in [0.1, 0.15) is 0 Å². The highest BCUT2D eigenvalue weighted by atomic mass is 15.4. The monoisotopic (exact) mass is 179 g/mol. The van der Waals surface area contributed by atoms with Gasteiger partial charge in [0.05, 0.1) is 12.3 Å². The Hall–Kier alpha value is -1.41. The van der Waals surface area contributed by atoms with Gasteiger partial charge >= 0.3 is 0 Å². The maximum absolute atomic E-state index is 8.26. The third-order valence-corrected chi connectivity index (χ3v) is 1.63. The number of hydrogen-bond donors (Lipinski definition) is 1. The van der Waals surface area contributed by atoms with Crippen LogP contribution in [-0.4, -0.2) is 28.1 Å². The lowest BCUT2D eigenvalue weighted by atomic mass is 10.4. The molecule has 0 amide bonds. The summed E-state index contributed by atoms with van der Waals surface area (Å²) in [5.74, 6) is 0. The highest BCUT2D eigenvalue weighted by Crippen LogP contribution is 1.85. The van der Waals surface area contributed by atoms with E-state index in [1.807, 2.05) is 6.20 Å². The summed E-state index contributed by atoms with van der Waals surface area (Å²) < 4.78 is 1.80. The van der Waals surface area contributed by atoms with Crippen molar-refractivity contribution in [1.82, 2.24) is 20.3 Å². The fraction of sp³-hybridized carbons (Fsp3) is 0.625. The average Bonchev–Trinajstić information content (AvgIpc) is 2.63. The Kier molecular flexibility index (Phi) is 4.57. The van der Waals surface area contributed by atoms with Crippen molar-refractivity contribution in [3.8, 4) is 6.07 Å². The summed E-state index contributed by atoms with van der Waals surface area (Å²) in [4.78, 5) is 0. The highest BCUT2D eigenvalue weighted by molar-refractivity contribution is 4.70. The fourth-order valence-corrected chi connectivity index (χ4v) is 0.987. The first kappa shape index (κ1) is 9.68. The lowest BCUT2D eigenvalue weighted by Crippen LogP contribution is -2.18. The molecule has 1 rings (SSSR count). The summed E-state index contributed by atoms with van der Waals surface area (Å²) in [6, 6.07) is 2.08. The van der Waals surface area contributed by atoms with E-state index in [1.54, 1.807) is 10.9 Å². The lowest BCUT2D eigenvalue weighted by Gasteiger charge is -2.01. The largest absolute Gasteiger partial charge is 0.316 e. The molecule has 1 aromatic rings.